The van der Waals surface area contributed by atoms with E-state index in [0.717, 1.165) is 0 Å². The predicted molar refractivity (Wildman–Crippen MR) is 8.50 cm³/mol. The van der Waals surface area contributed by atoms with Gasteiger partial charge in [0.25, 0.3) is 0 Å². The fourth-order valence-corrected chi connectivity index (χ4v) is 0. The zero-order chi connectivity index (χ0) is 4.50. The predicted octanol–water partition coefficient (Wildman–Crippen LogP) is -0.856. The Balaban J connectivity index is 6.05. The molecule has 0 aliphatic heterocycles. The van der Waals surface area contributed by atoms with E-state index in [0.29, 0.717) is 0 Å². The molecule has 0 saturated heterocycles. The molecule has 0 heterocycles. The third-order valence-corrected chi connectivity index (χ3v) is 0. The second-order valence-corrected chi connectivity index (χ2v) is 1.00. The summed E-state index contributed by atoms with van der Waals surface area (Å²) in [4.78, 5) is 0. The third-order valence-electron chi connectivity index (χ3n) is 0. The first-order valence-corrected chi connectivity index (χ1v) is 1.63. The van der Waals surface area contributed by atoms with Gasteiger partial charge in [-0.25, -0.2) is 0 Å². The zero-order valence-corrected chi connectivity index (χ0v) is 2.63. The molecule has 0 aliphatic rings. The van der Waals surface area contributed by atoms with Crippen molar-refractivity contribution in [3.05, 3.63) is 0 Å². The van der Waals surface area contributed by atoms with E-state index in [9.17, 15) is 0 Å². The van der Waals surface area contributed by atoms with Crippen LogP contribution in [0.3, 0.4) is 0 Å². The molecule has 0 saturated carbocycles. The standard InChI is InChI=1S/Li.4O. The van der Waals surface area contributed by atoms with Crippen LogP contribution in [0.15, 0.2) is 0 Å². The van der Waals surface area contributed by atoms with Gasteiger partial charge in [0.05, 0.1) is 0 Å². The minimum atomic E-state index is -6.00. The van der Waals surface area contributed by atoms with Crippen LogP contribution >= 0.6 is 0 Å². The summed E-state index contributed by atoms with van der Waals surface area (Å²) in [5.41, 5.74) is 0. The zero-order valence-electron chi connectivity index (χ0n) is 2.63. The van der Waals surface area contributed by atoms with Crippen LogP contribution in [0.1, 0.15) is 0 Å². The second-order valence-electron chi connectivity index (χ2n) is 1.00. The Kier molecular flexibility index (Phi) is 0.848. The maximum atomic E-state index is 8.62. The molecule has 5 heteroatoms. The summed E-state index contributed by atoms with van der Waals surface area (Å²) in [5.74, 6) is 0. The first-order chi connectivity index (χ1) is 2.00. The average molecular weight is 70.9 g/mol. The molecule has 0 aromatic carbocycles. The monoisotopic (exact) mass is 71.0 g/mol. The van der Waals surface area contributed by atoms with Gasteiger partial charge in [0, 0.05) is 0 Å². The first kappa shape index (κ1) is 4.80. The molecule has 0 aliphatic carbocycles. The van der Waals surface area contributed by atoms with E-state index in [2.05, 4.69) is 0 Å². The van der Waals surface area contributed by atoms with Gasteiger partial charge < -0.3 is 0 Å². The van der Waals surface area contributed by atoms with E-state index in [1.165, 1.54) is 0 Å². The molecular formula is LiO4. The normalized spacial score (nSPS) is 14.4. The van der Waals surface area contributed by atoms with Gasteiger partial charge in [-0.05, 0) is 0 Å². The van der Waals surface area contributed by atoms with Gasteiger partial charge in [-0.3, -0.25) is 0 Å². The summed E-state index contributed by atoms with van der Waals surface area (Å²) >= 11 is -6.00. The van der Waals surface area contributed by atoms with Gasteiger partial charge in [-0.1, -0.05) is 0 Å². The molecule has 0 bridgehead atoms. The molecule has 0 radical (unpaired) electrons. The van der Waals surface area contributed by atoms with Gasteiger partial charge >= 0.3 is 28.6 Å². The SMILES string of the molecule is [O]=[Li](=[O])(=[O])=[O]. The van der Waals surface area contributed by atoms with Crippen molar-refractivity contribution < 1.29 is 14.6 Å². The molecule has 0 spiro atoms. The Hall–Kier alpha value is -0.203. The number of rotatable bonds is 0. The van der Waals surface area contributed by atoms with Gasteiger partial charge in [0.1, 0.15) is 0 Å². The fraction of sp³-hybridized carbons (Fsp3) is 0. The van der Waals surface area contributed by atoms with Crippen LogP contribution in [0.2, 0.25) is 0 Å². The Morgan fingerprint density at radius 3 is 0.800 bits per heavy atom. The van der Waals surface area contributed by atoms with Crippen LogP contribution < -0.4 is 0 Å². The van der Waals surface area contributed by atoms with Crippen molar-refractivity contribution in [1.82, 2.24) is 0 Å². The van der Waals surface area contributed by atoms with Crippen LogP contribution in [-0.2, 0) is 14.6 Å². The molecule has 4 nitrogen and oxygen atoms in total. The van der Waals surface area contributed by atoms with Crippen LogP contribution in [0.5, 0.6) is 0 Å². The summed E-state index contributed by atoms with van der Waals surface area (Å²) in [6, 6.07) is 0. The van der Waals surface area contributed by atoms with Crippen LogP contribution in [0.4, 0.5) is 0 Å². The van der Waals surface area contributed by atoms with E-state index in [1.807, 2.05) is 0 Å². The molecular weight excluding hydrogens is 70.9 g/mol. The number of hydrogen-bond donors (Lipinski definition) is 0. The average Bonchev–Trinajstić information content (AvgIpc) is 0.722. The van der Waals surface area contributed by atoms with Crippen LogP contribution in [-0.4, -0.2) is 14.1 Å². The molecule has 0 atom stereocenters. The van der Waals surface area contributed by atoms with E-state index in [1.54, 1.807) is 0 Å². The molecule has 0 amide bonds. The van der Waals surface area contributed by atoms with E-state index < -0.39 is 14.1 Å². The maximum absolute atomic E-state index is 8.62. The summed E-state index contributed by atoms with van der Waals surface area (Å²) in [6.45, 7) is 0. The van der Waals surface area contributed by atoms with Crippen molar-refractivity contribution in [2.24, 2.45) is 0 Å². The van der Waals surface area contributed by atoms with Crippen molar-refractivity contribution in [3.63, 3.8) is 0 Å². The second kappa shape index (κ2) is 0.884. The third kappa shape index (κ3) is 299. The van der Waals surface area contributed by atoms with E-state index >= 15 is 0 Å². The molecule has 0 fully saturated rings. The van der Waals surface area contributed by atoms with Crippen molar-refractivity contribution in [2.45, 2.75) is 0 Å². The van der Waals surface area contributed by atoms with Gasteiger partial charge in [0.15, 0.2) is 0 Å². The van der Waals surface area contributed by atoms with Crippen molar-refractivity contribution >= 4 is 14.1 Å². The summed E-state index contributed by atoms with van der Waals surface area (Å²) in [5, 5.41) is 0. The number of hydrogen-bond acceptors (Lipinski definition) is 4. The first-order valence-electron chi connectivity index (χ1n) is 1.63. The molecule has 25 valence electrons. The topological polar surface area (TPSA) is 68.3 Å². The van der Waals surface area contributed by atoms with E-state index in [-0.39, 0.29) is 0 Å². The van der Waals surface area contributed by atoms with E-state index in [4.69, 9.17) is 14.6 Å². The Bertz CT molecular complexity index is 155. The molecule has 0 unspecified atom stereocenters. The summed E-state index contributed by atoms with van der Waals surface area (Å²) in [7, 11) is 0. The fourth-order valence-electron chi connectivity index (χ4n) is 0. The Labute approximate surface area is 29.5 Å². The quantitative estimate of drug-likeness (QED) is 0.348. The van der Waals surface area contributed by atoms with Crippen LogP contribution in [0.25, 0.3) is 0 Å². The van der Waals surface area contributed by atoms with Crippen molar-refractivity contribution in [1.29, 1.82) is 0 Å². The summed E-state index contributed by atoms with van der Waals surface area (Å²) < 4.78 is 34.5. The molecule has 0 rings (SSSR count). The molecule has 0 N–H and O–H groups in total. The minimum absolute atomic E-state index is 6.00. The summed E-state index contributed by atoms with van der Waals surface area (Å²) in [6.07, 6.45) is 0. The van der Waals surface area contributed by atoms with Crippen molar-refractivity contribution in [2.75, 3.05) is 0 Å². The van der Waals surface area contributed by atoms with Gasteiger partial charge in [-0.2, -0.15) is 0 Å². The van der Waals surface area contributed by atoms with Crippen LogP contribution in [0, 0.1) is 0 Å². The van der Waals surface area contributed by atoms with Gasteiger partial charge in [-0.15, -0.1) is 0 Å². The molecule has 5 heavy (non-hydrogen) atoms. The molecule has 0 aromatic rings. The Morgan fingerprint density at radius 1 is 0.800 bits per heavy atom. The van der Waals surface area contributed by atoms with Gasteiger partial charge in [0.2, 0.25) is 0 Å². The Morgan fingerprint density at radius 2 is 0.800 bits per heavy atom. The van der Waals surface area contributed by atoms with Crippen molar-refractivity contribution in [3.8, 4) is 0 Å². The molecule has 0 aromatic heterocycles.